The Labute approximate surface area is 156 Å². The SMILES string of the molecule is CCOc1ccccc1OCC(=O)NNC(=O)COc1ccc(Cl)cc1. The van der Waals surface area contributed by atoms with Crippen LogP contribution in [0.5, 0.6) is 17.2 Å². The van der Waals surface area contributed by atoms with Crippen LogP contribution in [0.1, 0.15) is 6.92 Å². The number of carbonyl (C=O) groups excluding carboxylic acids is 2. The Morgan fingerprint density at radius 2 is 1.38 bits per heavy atom. The van der Waals surface area contributed by atoms with Gasteiger partial charge in [-0.2, -0.15) is 0 Å². The number of hydrogen-bond donors (Lipinski definition) is 2. The van der Waals surface area contributed by atoms with Gasteiger partial charge in [0.15, 0.2) is 24.7 Å². The third-order valence-corrected chi connectivity index (χ3v) is 3.28. The minimum absolute atomic E-state index is 0.254. The summed E-state index contributed by atoms with van der Waals surface area (Å²) in [6.07, 6.45) is 0. The second-order valence-corrected chi connectivity index (χ2v) is 5.44. The number of ether oxygens (including phenoxy) is 3. The molecular weight excluding hydrogens is 360 g/mol. The summed E-state index contributed by atoms with van der Waals surface area (Å²) in [6, 6.07) is 13.6. The number of para-hydroxylation sites is 2. The van der Waals surface area contributed by atoms with Crippen LogP contribution in [0.15, 0.2) is 48.5 Å². The molecule has 2 aromatic carbocycles. The first kappa shape index (κ1) is 19.4. The summed E-state index contributed by atoms with van der Waals surface area (Å²) in [5, 5.41) is 0.569. The molecule has 7 nitrogen and oxygen atoms in total. The Hall–Kier alpha value is -2.93. The van der Waals surface area contributed by atoms with Crippen molar-refractivity contribution in [3.8, 4) is 17.2 Å². The summed E-state index contributed by atoms with van der Waals surface area (Å²) in [6.45, 7) is 1.81. The molecule has 0 fully saturated rings. The van der Waals surface area contributed by atoms with E-state index in [1.807, 2.05) is 6.92 Å². The van der Waals surface area contributed by atoms with E-state index in [0.717, 1.165) is 0 Å². The average molecular weight is 379 g/mol. The fourth-order valence-corrected chi connectivity index (χ4v) is 2.00. The van der Waals surface area contributed by atoms with E-state index in [0.29, 0.717) is 28.9 Å². The average Bonchev–Trinajstić information content (AvgIpc) is 2.65. The van der Waals surface area contributed by atoms with Crippen molar-refractivity contribution in [2.45, 2.75) is 6.92 Å². The summed E-state index contributed by atoms with van der Waals surface area (Å²) in [7, 11) is 0. The molecule has 26 heavy (non-hydrogen) atoms. The first-order valence-electron chi connectivity index (χ1n) is 7.89. The minimum atomic E-state index is -0.517. The van der Waals surface area contributed by atoms with E-state index in [-0.39, 0.29) is 13.2 Å². The molecule has 0 aliphatic heterocycles. The lowest BCUT2D eigenvalue weighted by Gasteiger charge is -2.12. The van der Waals surface area contributed by atoms with Crippen molar-refractivity contribution in [2.24, 2.45) is 0 Å². The monoisotopic (exact) mass is 378 g/mol. The zero-order valence-electron chi connectivity index (χ0n) is 14.2. The molecule has 8 heteroatoms. The number of halogens is 1. The third-order valence-electron chi connectivity index (χ3n) is 3.03. The van der Waals surface area contributed by atoms with Crippen molar-refractivity contribution in [1.29, 1.82) is 0 Å². The van der Waals surface area contributed by atoms with Gasteiger partial charge in [-0.3, -0.25) is 20.4 Å². The van der Waals surface area contributed by atoms with Crippen LogP contribution in [0.25, 0.3) is 0 Å². The first-order valence-corrected chi connectivity index (χ1v) is 8.27. The number of benzene rings is 2. The highest BCUT2D eigenvalue weighted by Crippen LogP contribution is 2.26. The van der Waals surface area contributed by atoms with Gasteiger partial charge in [-0.1, -0.05) is 23.7 Å². The Morgan fingerprint density at radius 1 is 0.846 bits per heavy atom. The van der Waals surface area contributed by atoms with Crippen molar-refractivity contribution < 1.29 is 23.8 Å². The molecule has 0 saturated heterocycles. The highest BCUT2D eigenvalue weighted by Gasteiger charge is 2.09. The normalized spacial score (nSPS) is 9.92. The molecule has 138 valence electrons. The van der Waals surface area contributed by atoms with Crippen LogP contribution in [0.4, 0.5) is 0 Å². The summed E-state index contributed by atoms with van der Waals surface area (Å²) in [4.78, 5) is 23.4. The molecule has 0 heterocycles. The van der Waals surface area contributed by atoms with E-state index in [2.05, 4.69) is 10.9 Å². The van der Waals surface area contributed by atoms with Crippen molar-refractivity contribution in [2.75, 3.05) is 19.8 Å². The molecule has 0 aromatic heterocycles. The molecule has 0 aliphatic carbocycles. The Kier molecular flexibility index (Phi) is 7.57. The molecule has 2 amide bonds. The highest BCUT2D eigenvalue weighted by molar-refractivity contribution is 6.30. The van der Waals surface area contributed by atoms with E-state index < -0.39 is 11.8 Å². The van der Waals surface area contributed by atoms with Gasteiger partial charge >= 0.3 is 0 Å². The molecule has 0 atom stereocenters. The molecule has 0 saturated carbocycles. The maximum atomic E-state index is 11.8. The second-order valence-electron chi connectivity index (χ2n) is 5.01. The van der Waals surface area contributed by atoms with Crippen LogP contribution in [0.2, 0.25) is 5.02 Å². The molecule has 0 unspecified atom stereocenters. The van der Waals surface area contributed by atoms with Gasteiger partial charge in [0.05, 0.1) is 6.61 Å². The Bertz CT molecular complexity index is 737. The molecular formula is C18H19ClN2O5. The molecule has 0 bridgehead atoms. The second kappa shape index (κ2) is 10.1. The van der Waals surface area contributed by atoms with E-state index >= 15 is 0 Å². The smallest absolute Gasteiger partial charge is 0.276 e. The largest absolute Gasteiger partial charge is 0.490 e. The van der Waals surface area contributed by atoms with Crippen LogP contribution >= 0.6 is 11.6 Å². The van der Waals surface area contributed by atoms with Gasteiger partial charge in [0.25, 0.3) is 11.8 Å². The van der Waals surface area contributed by atoms with Gasteiger partial charge in [0.2, 0.25) is 0 Å². The number of carbonyl (C=O) groups is 2. The molecule has 0 radical (unpaired) electrons. The van der Waals surface area contributed by atoms with Gasteiger partial charge in [0.1, 0.15) is 5.75 Å². The predicted molar refractivity (Wildman–Crippen MR) is 96.3 cm³/mol. The number of amides is 2. The predicted octanol–water partition coefficient (Wildman–Crippen LogP) is 2.34. The number of rotatable bonds is 8. The van der Waals surface area contributed by atoms with Crippen LogP contribution in [0, 0.1) is 0 Å². The Morgan fingerprint density at radius 3 is 1.96 bits per heavy atom. The summed E-state index contributed by atoms with van der Waals surface area (Å²) in [5.41, 5.74) is 4.48. The zero-order valence-corrected chi connectivity index (χ0v) is 14.9. The van der Waals surface area contributed by atoms with Gasteiger partial charge in [-0.15, -0.1) is 0 Å². The van der Waals surface area contributed by atoms with Gasteiger partial charge in [-0.05, 0) is 43.3 Å². The standard InChI is InChI=1S/C18H19ClN2O5/c1-2-24-15-5-3-4-6-16(15)26-12-18(23)21-20-17(22)11-25-14-9-7-13(19)8-10-14/h3-10H,2,11-12H2,1H3,(H,20,22)(H,21,23). The van der Waals surface area contributed by atoms with E-state index in [4.69, 9.17) is 25.8 Å². The topological polar surface area (TPSA) is 85.9 Å². The fourth-order valence-electron chi connectivity index (χ4n) is 1.88. The summed E-state index contributed by atoms with van der Waals surface area (Å²) < 4.78 is 16.0. The number of nitrogens with one attached hydrogen (secondary N) is 2. The highest BCUT2D eigenvalue weighted by atomic mass is 35.5. The molecule has 2 rings (SSSR count). The third kappa shape index (κ3) is 6.52. The maximum Gasteiger partial charge on any atom is 0.276 e. The van der Waals surface area contributed by atoms with Gasteiger partial charge in [-0.25, -0.2) is 0 Å². The molecule has 2 N–H and O–H groups in total. The van der Waals surface area contributed by atoms with Gasteiger partial charge in [0, 0.05) is 5.02 Å². The lowest BCUT2D eigenvalue weighted by molar-refractivity contribution is -0.131. The van der Waals surface area contributed by atoms with Crippen molar-refractivity contribution in [3.05, 3.63) is 53.6 Å². The van der Waals surface area contributed by atoms with Crippen LogP contribution < -0.4 is 25.1 Å². The zero-order chi connectivity index (χ0) is 18.8. The fraction of sp³-hybridized carbons (Fsp3) is 0.222. The maximum absolute atomic E-state index is 11.8. The van der Waals surface area contributed by atoms with Crippen LogP contribution in [-0.2, 0) is 9.59 Å². The minimum Gasteiger partial charge on any atom is -0.490 e. The van der Waals surface area contributed by atoms with E-state index in [1.165, 1.54) is 0 Å². The Balaban J connectivity index is 1.69. The first-order chi connectivity index (χ1) is 12.6. The van der Waals surface area contributed by atoms with Crippen molar-refractivity contribution >= 4 is 23.4 Å². The number of hydrazine groups is 1. The van der Waals surface area contributed by atoms with E-state index in [9.17, 15) is 9.59 Å². The molecule has 0 spiro atoms. The molecule has 0 aliphatic rings. The number of hydrogen-bond acceptors (Lipinski definition) is 5. The summed E-state index contributed by atoms with van der Waals surface area (Å²) >= 11 is 5.76. The summed E-state index contributed by atoms with van der Waals surface area (Å²) in [5.74, 6) is 0.455. The van der Waals surface area contributed by atoms with Crippen molar-refractivity contribution in [1.82, 2.24) is 10.9 Å². The van der Waals surface area contributed by atoms with Crippen LogP contribution in [-0.4, -0.2) is 31.6 Å². The van der Waals surface area contributed by atoms with Gasteiger partial charge < -0.3 is 14.2 Å². The lowest BCUT2D eigenvalue weighted by atomic mass is 10.3. The molecule has 2 aromatic rings. The quantitative estimate of drug-likeness (QED) is 0.689. The lowest BCUT2D eigenvalue weighted by Crippen LogP contribution is -2.45. The van der Waals surface area contributed by atoms with Crippen molar-refractivity contribution in [3.63, 3.8) is 0 Å². The van der Waals surface area contributed by atoms with Crippen LogP contribution in [0.3, 0.4) is 0 Å². The van der Waals surface area contributed by atoms with E-state index in [1.54, 1.807) is 48.5 Å².